The molecule has 2 aliphatic rings. The van der Waals surface area contributed by atoms with Gasteiger partial charge in [0.2, 0.25) is 5.95 Å². The number of amides is 1. The van der Waals surface area contributed by atoms with Crippen molar-refractivity contribution < 1.29 is 19.0 Å². The van der Waals surface area contributed by atoms with E-state index in [1.165, 1.54) is 18.8 Å². The number of aromatic nitrogens is 3. The Balaban J connectivity index is 1.32. The predicted octanol–water partition coefficient (Wildman–Crippen LogP) is 3.53. The number of hydrogen-bond donors (Lipinski definition) is 1. The molecule has 256 valence electrons. The van der Waals surface area contributed by atoms with Gasteiger partial charge in [-0.3, -0.25) is 19.1 Å². The number of nitrogens with one attached hydrogen (secondary N) is 1. The quantitative estimate of drug-likeness (QED) is 0.233. The summed E-state index contributed by atoms with van der Waals surface area (Å²) in [5, 5.41) is 13.6. The van der Waals surface area contributed by atoms with Crippen molar-refractivity contribution in [3.05, 3.63) is 50.4 Å². The summed E-state index contributed by atoms with van der Waals surface area (Å²) in [4.78, 5) is 42.3. The number of benzene rings is 1. The number of ether oxygens (including phenoxy) is 3. The molecule has 0 aliphatic carbocycles. The standard InChI is InChI=1S/C33H40Cl2N8O5/c1-33(2,42-9-7-40(4)8-10-42)15-21(16-36)30(44)41-18-22(19-41)48-12-11-43-29-20(17-38-32(37-3)39-29)13-23(31(43)45)26-27(34)24(46-5)14-25(47-6)28(26)35/h13-15,17,22H,7-12,18-19H2,1-6H3,(H,37,38,39)/b21-15-. The second-order valence-electron chi connectivity index (χ2n) is 12.3. The number of fused-ring (bicyclic) bond motifs is 1. The molecule has 15 heteroatoms. The van der Waals surface area contributed by atoms with Crippen molar-refractivity contribution in [2.24, 2.45) is 0 Å². The van der Waals surface area contributed by atoms with Crippen LogP contribution in [0.3, 0.4) is 0 Å². The van der Waals surface area contributed by atoms with E-state index in [0.717, 1.165) is 26.2 Å². The lowest BCUT2D eigenvalue weighted by Crippen LogP contribution is -2.56. The highest BCUT2D eigenvalue weighted by atomic mass is 35.5. The van der Waals surface area contributed by atoms with Crippen LogP contribution in [0.5, 0.6) is 11.5 Å². The molecular weight excluding hydrogens is 659 g/mol. The van der Waals surface area contributed by atoms with Crippen LogP contribution in [0.4, 0.5) is 5.95 Å². The summed E-state index contributed by atoms with van der Waals surface area (Å²) >= 11 is 13.4. The highest BCUT2D eigenvalue weighted by molar-refractivity contribution is 6.41. The fourth-order valence-electron chi connectivity index (χ4n) is 5.95. The van der Waals surface area contributed by atoms with Crippen molar-refractivity contribution in [1.29, 1.82) is 5.26 Å². The fourth-order valence-corrected chi connectivity index (χ4v) is 6.65. The number of likely N-dealkylation sites (tertiary alicyclic amines) is 1. The first-order chi connectivity index (χ1) is 22.9. The zero-order chi connectivity index (χ0) is 34.7. The number of likely N-dealkylation sites (N-methyl/N-ethyl adjacent to an activating group) is 1. The molecule has 0 unspecified atom stereocenters. The van der Waals surface area contributed by atoms with Gasteiger partial charge < -0.3 is 29.3 Å². The summed E-state index contributed by atoms with van der Waals surface area (Å²) in [6.07, 6.45) is 3.13. The number of halogens is 2. The summed E-state index contributed by atoms with van der Waals surface area (Å²) in [6, 6.07) is 5.31. The van der Waals surface area contributed by atoms with E-state index in [4.69, 9.17) is 37.4 Å². The second kappa shape index (κ2) is 14.7. The molecule has 4 heterocycles. The Labute approximate surface area is 289 Å². The average Bonchev–Trinajstić information content (AvgIpc) is 3.05. The van der Waals surface area contributed by atoms with Crippen LogP contribution in [0, 0.1) is 11.3 Å². The van der Waals surface area contributed by atoms with E-state index in [1.54, 1.807) is 36.4 Å². The Kier molecular flexibility index (Phi) is 10.8. The monoisotopic (exact) mass is 698 g/mol. The number of piperazine rings is 1. The summed E-state index contributed by atoms with van der Waals surface area (Å²) in [5.74, 6) is 0.623. The maximum absolute atomic E-state index is 14.1. The van der Waals surface area contributed by atoms with Crippen molar-refractivity contribution in [2.75, 3.05) is 79.5 Å². The first kappa shape index (κ1) is 35.4. The number of methoxy groups -OCH3 is 2. The lowest BCUT2D eigenvalue weighted by Gasteiger charge is -2.42. The summed E-state index contributed by atoms with van der Waals surface area (Å²) in [7, 11) is 6.70. The van der Waals surface area contributed by atoms with E-state index >= 15 is 0 Å². The van der Waals surface area contributed by atoms with Gasteiger partial charge in [0.25, 0.3) is 11.5 Å². The first-order valence-corrected chi connectivity index (χ1v) is 16.3. The van der Waals surface area contributed by atoms with Crippen LogP contribution in [-0.4, -0.2) is 121 Å². The molecule has 13 nitrogen and oxygen atoms in total. The van der Waals surface area contributed by atoms with Gasteiger partial charge in [-0.05, 0) is 33.0 Å². The molecule has 0 spiro atoms. The smallest absolute Gasteiger partial charge is 0.264 e. The van der Waals surface area contributed by atoms with Gasteiger partial charge in [0.15, 0.2) is 0 Å². The van der Waals surface area contributed by atoms with Crippen LogP contribution in [0.25, 0.3) is 22.2 Å². The minimum absolute atomic E-state index is 0.124. The zero-order valence-electron chi connectivity index (χ0n) is 28.0. The minimum atomic E-state index is -0.436. The molecule has 2 saturated heterocycles. The third-order valence-electron chi connectivity index (χ3n) is 8.86. The lowest BCUT2D eigenvalue weighted by molar-refractivity contribution is -0.140. The van der Waals surface area contributed by atoms with E-state index in [9.17, 15) is 14.9 Å². The number of anilines is 1. The number of carbonyl (C=O) groups excluding carboxylic acids is 1. The van der Waals surface area contributed by atoms with Crippen LogP contribution in [0.15, 0.2) is 34.8 Å². The molecule has 2 fully saturated rings. The van der Waals surface area contributed by atoms with Gasteiger partial charge in [-0.2, -0.15) is 10.2 Å². The van der Waals surface area contributed by atoms with Crippen molar-refractivity contribution in [3.8, 4) is 28.7 Å². The molecule has 3 aromatic rings. The van der Waals surface area contributed by atoms with Crippen molar-refractivity contribution in [1.82, 2.24) is 29.2 Å². The normalized spacial score (nSPS) is 16.5. The fraction of sp³-hybridized carbons (Fsp3) is 0.485. The maximum Gasteiger partial charge on any atom is 0.264 e. The van der Waals surface area contributed by atoms with Gasteiger partial charge in [-0.15, -0.1) is 0 Å². The number of carbonyl (C=O) groups is 1. The molecule has 2 aliphatic heterocycles. The molecule has 1 aromatic carbocycles. The van der Waals surface area contributed by atoms with Crippen molar-refractivity contribution >= 4 is 46.1 Å². The van der Waals surface area contributed by atoms with Crippen LogP contribution in [0.2, 0.25) is 10.0 Å². The maximum atomic E-state index is 14.1. The number of rotatable bonds is 11. The Morgan fingerprint density at radius 3 is 2.35 bits per heavy atom. The van der Waals surface area contributed by atoms with Crippen LogP contribution in [-0.2, 0) is 16.1 Å². The SMILES string of the molecule is CNc1ncc2cc(-c3c(Cl)c(OC)cc(OC)c3Cl)c(=O)n(CCOC3CN(C(=O)/C(C#N)=C\C(C)(C)N4CCN(C)CC4)C3)c2n1. The lowest BCUT2D eigenvalue weighted by atomic mass is 9.97. The minimum Gasteiger partial charge on any atom is -0.495 e. The van der Waals surface area contributed by atoms with Gasteiger partial charge in [-0.1, -0.05) is 23.2 Å². The number of nitriles is 1. The largest absolute Gasteiger partial charge is 0.495 e. The van der Waals surface area contributed by atoms with E-state index in [2.05, 4.69) is 38.2 Å². The molecule has 1 amide bonds. The molecule has 48 heavy (non-hydrogen) atoms. The Bertz CT molecular complexity index is 1800. The summed E-state index contributed by atoms with van der Waals surface area (Å²) < 4.78 is 18.4. The van der Waals surface area contributed by atoms with E-state index in [-0.39, 0.29) is 51.9 Å². The van der Waals surface area contributed by atoms with E-state index in [0.29, 0.717) is 41.6 Å². The van der Waals surface area contributed by atoms with Crippen LogP contribution in [0.1, 0.15) is 13.8 Å². The summed E-state index contributed by atoms with van der Waals surface area (Å²) in [5.41, 5.74) is 0.160. The van der Waals surface area contributed by atoms with E-state index < -0.39 is 11.1 Å². The molecule has 0 radical (unpaired) electrons. The molecule has 2 aromatic heterocycles. The summed E-state index contributed by atoms with van der Waals surface area (Å²) in [6.45, 7) is 8.64. The van der Waals surface area contributed by atoms with Gasteiger partial charge >= 0.3 is 0 Å². The molecule has 1 N–H and O–H groups in total. The zero-order valence-corrected chi connectivity index (χ0v) is 29.5. The molecule has 5 rings (SSSR count). The van der Waals surface area contributed by atoms with Crippen LogP contribution < -0.4 is 20.3 Å². The van der Waals surface area contributed by atoms with Crippen LogP contribution >= 0.6 is 23.2 Å². The van der Waals surface area contributed by atoms with Gasteiger partial charge in [0.1, 0.15) is 28.8 Å². The topological polar surface area (TPSA) is 138 Å². The van der Waals surface area contributed by atoms with Gasteiger partial charge in [0, 0.05) is 75.1 Å². The second-order valence-corrected chi connectivity index (χ2v) is 13.1. The third kappa shape index (κ3) is 7.09. The molecule has 0 saturated carbocycles. The highest BCUT2D eigenvalue weighted by Crippen LogP contribution is 2.45. The Morgan fingerprint density at radius 2 is 1.77 bits per heavy atom. The molecule has 0 bridgehead atoms. The molecular formula is C33H40Cl2N8O5. The van der Waals surface area contributed by atoms with Crippen molar-refractivity contribution in [3.63, 3.8) is 0 Å². The number of nitrogens with zero attached hydrogens (tertiary/aromatic N) is 7. The molecule has 0 atom stereocenters. The van der Waals surface area contributed by atoms with Gasteiger partial charge in [0.05, 0.1) is 49.1 Å². The van der Waals surface area contributed by atoms with E-state index in [1.807, 2.05) is 13.8 Å². The van der Waals surface area contributed by atoms with Crippen molar-refractivity contribution in [2.45, 2.75) is 32.0 Å². The third-order valence-corrected chi connectivity index (χ3v) is 9.61. The Hall–Kier alpha value is -3.93. The number of pyridine rings is 1. The Morgan fingerprint density at radius 1 is 1.12 bits per heavy atom. The number of hydrogen-bond acceptors (Lipinski definition) is 11. The first-order valence-electron chi connectivity index (χ1n) is 15.6. The average molecular weight is 700 g/mol. The highest BCUT2D eigenvalue weighted by Gasteiger charge is 2.35. The predicted molar refractivity (Wildman–Crippen MR) is 185 cm³/mol. The van der Waals surface area contributed by atoms with Gasteiger partial charge in [-0.25, -0.2) is 4.98 Å².